The van der Waals surface area contributed by atoms with Gasteiger partial charge in [-0.1, -0.05) is 0 Å². The van der Waals surface area contributed by atoms with Gasteiger partial charge >= 0.3 is 5.97 Å². The van der Waals surface area contributed by atoms with Crippen molar-refractivity contribution in [3.8, 4) is 0 Å². The van der Waals surface area contributed by atoms with Crippen LogP contribution in [0.15, 0.2) is 4.90 Å². The van der Waals surface area contributed by atoms with E-state index in [4.69, 9.17) is 0 Å². The van der Waals surface area contributed by atoms with Crippen LogP contribution in [0.3, 0.4) is 0 Å². The van der Waals surface area contributed by atoms with Crippen molar-refractivity contribution in [2.24, 2.45) is 0 Å². The highest BCUT2D eigenvalue weighted by molar-refractivity contribution is 7.89. The van der Waals surface area contributed by atoms with Gasteiger partial charge in [-0.25, -0.2) is 8.42 Å². The van der Waals surface area contributed by atoms with Crippen molar-refractivity contribution in [2.75, 3.05) is 7.11 Å². The molecular formula is C15H23NO4S. The molecule has 1 aromatic carbocycles. The topological polar surface area (TPSA) is 72.5 Å². The number of nitrogens with one attached hydrogen (secondary N) is 1. The van der Waals surface area contributed by atoms with Gasteiger partial charge in [0, 0.05) is 0 Å². The third-order valence-electron chi connectivity index (χ3n) is 4.09. The number of rotatable bonds is 4. The molecule has 0 aliphatic carbocycles. The number of carbonyl (C=O) groups is 1. The van der Waals surface area contributed by atoms with Gasteiger partial charge in [-0.15, -0.1) is 0 Å². The zero-order valence-corrected chi connectivity index (χ0v) is 14.4. The number of methoxy groups -OCH3 is 1. The van der Waals surface area contributed by atoms with Crippen LogP contribution in [0.5, 0.6) is 0 Å². The molecule has 118 valence electrons. The van der Waals surface area contributed by atoms with Crippen molar-refractivity contribution in [3.63, 3.8) is 0 Å². The Balaban J connectivity index is 3.43. The molecule has 0 aliphatic rings. The van der Waals surface area contributed by atoms with Crippen molar-refractivity contribution in [3.05, 3.63) is 27.8 Å². The number of carbonyl (C=O) groups excluding carboxylic acids is 1. The molecule has 0 bridgehead atoms. The highest BCUT2D eigenvalue weighted by Crippen LogP contribution is 2.29. The molecule has 1 atom stereocenters. The second kappa shape index (κ2) is 6.15. The summed E-state index contributed by atoms with van der Waals surface area (Å²) < 4.78 is 32.1. The van der Waals surface area contributed by atoms with Crippen LogP contribution in [-0.2, 0) is 19.6 Å². The molecule has 0 radical (unpaired) electrons. The quantitative estimate of drug-likeness (QED) is 0.864. The van der Waals surface area contributed by atoms with E-state index in [1.807, 2.05) is 20.8 Å². The van der Waals surface area contributed by atoms with Crippen LogP contribution in [0.25, 0.3) is 0 Å². The normalized spacial score (nSPS) is 13.1. The Labute approximate surface area is 126 Å². The molecule has 0 saturated heterocycles. The molecule has 1 N–H and O–H groups in total. The third kappa shape index (κ3) is 3.27. The first kappa shape index (κ1) is 17.7. The van der Waals surface area contributed by atoms with E-state index in [0.717, 1.165) is 16.7 Å². The van der Waals surface area contributed by atoms with Crippen LogP contribution < -0.4 is 4.72 Å². The summed E-state index contributed by atoms with van der Waals surface area (Å²) in [6, 6.07) is -0.930. The average Bonchev–Trinajstić information content (AvgIpc) is 2.41. The SMILES string of the molecule is COC(=O)C(C)NS(=O)(=O)c1c(C)c(C)c(C)c(C)c1C. The van der Waals surface area contributed by atoms with Crippen LogP contribution in [-0.4, -0.2) is 27.5 Å². The minimum atomic E-state index is -3.79. The van der Waals surface area contributed by atoms with Crippen LogP contribution in [0.4, 0.5) is 0 Å². The molecule has 0 amide bonds. The largest absolute Gasteiger partial charge is 0.468 e. The van der Waals surface area contributed by atoms with E-state index in [9.17, 15) is 13.2 Å². The molecule has 0 spiro atoms. The molecule has 1 unspecified atom stereocenters. The summed E-state index contributed by atoms with van der Waals surface area (Å²) in [5, 5.41) is 0. The number of esters is 1. The van der Waals surface area contributed by atoms with Gasteiger partial charge in [-0.3, -0.25) is 4.79 Å². The zero-order valence-electron chi connectivity index (χ0n) is 13.6. The van der Waals surface area contributed by atoms with E-state index >= 15 is 0 Å². The fraction of sp³-hybridized carbons (Fsp3) is 0.533. The lowest BCUT2D eigenvalue weighted by Crippen LogP contribution is -2.39. The molecule has 21 heavy (non-hydrogen) atoms. The number of hydrogen-bond acceptors (Lipinski definition) is 4. The minimum Gasteiger partial charge on any atom is -0.468 e. The Kier molecular flexibility index (Phi) is 5.17. The maximum Gasteiger partial charge on any atom is 0.323 e. The predicted molar refractivity (Wildman–Crippen MR) is 81.9 cm³/mol. The molecule has 0 aliphatic heterocycles. The first-order valence-electron chi connectivity index (χ1n) is 6.71. The Hall–Kier alpha value is -1.40. The van der Waals surface area contributed by atoms with Crippen molar-refractivity contribution < 1.29 is 17.9 Å². The fourth-order valence-corrected chi connectivity index (χ4v) is 4.18. The zero-order chi connectivity index (χ0) is 16.5. The molecule has 0 heterocycles. The van der Waals surface area contributed by atoms with Gasteiger partial charge in [0.1, 0.15) is 6.04 Å². The maximum absolute atomic E-state index is 12.6. The Morgan fingerprint density at radius 3 is 1.71 bits per heavy atom. The molecule has 0 saturated carbocycles. The summed E-state index contributed by atoms with van der Waals surface area (Å²) >= 11 is 0. The lowest BCUT2D eigenvalue weighted by Gasteiger charge is -2.20. The first-order valence-corrected chi connectivity index (χ1v) is 8.20. The number of sulfonamides is 1. The van der Waals surface area contributed by atoms with Crippen LogP contribution in [0.2, 0.25) is 0 Å². The van der Waals surface area contributed by atoms with E-state index in [0.29, 0.717) is 11.1 Å². The summed E-state index contributed by atoms with van der Waals surface area (Å²) in [5.74, 6) is -0.616. The summed E-state index contributed by atoms with van der Waals surface area (Å²) in [5.41, 5.74) is 4.40. The Morgan fingerprint density at radius 1 is 0.952 bits per heavy atom. The number of hydrogen-bond donors (Lipinski definition) is 1. The molecular weight excluding hydrogens is 290 g/mol. The molecule has 5 nitrogen and oxygen atoms in total. The summed E-state index contributed by atoms with van der Waals surface area (Å²) in [6.45, 7) is 10.8. The van der Waals surface area contributed by atoms with Gasteiger partial charge < -0.3 is 4.74 Å². The summed E-state index contributed by atoms with van der Waals surface area (Å²) in [6.07, 6.45) is 0. The molecule has 1 rings (SSSR count). The standard InChI is InChI=1S/C15H23NO4S/c1-8-9(2)11(4)14(12(5)10(8)3)21(18,19)16-13(6)15(17)20-7/h13,16H,1-7H3. The number of benzene rings is 1. The number of ether oxygens (including phenoxy) is 1. The van der Waals surface area contributed by atoms with Gasteiger partial charge in [-0.05, 0) is 69.4 Å². The lowest BCUT2D eigenvalue weighted by molar-refractivity contribution is -0.142. The van der Waals surface area contributed by atoms with E-state index in [-0.39, 0.29) is 4.90 Å². The average molecular weight is 313 g/mol. The van der Waals surface area contributed by atoms with Gasteiger partial charge in [0.05, 0.1) is 12.0 Å². The summed E-state index contributed by atoms with van der Waals surface area (Å²) in [7, 11) is -2.56. The monoisotopic (exact) mass is 313 g/mol. The summed E-state index contributed by atoms with van der Waals surface area (Å²) in [4.78, 5) is 11.7. The first-order chi connectivity index (χ1) is 9.54. The van der Waals surface area contributed by atoms with E-state index < -0.39 is 22.0 Å². The highest BCUT2D eigenvalue weighted by Gasteiger charge is 2.27. The minimum absolute atomic E-state index is 0.249. The Bertz CT molecular complexity index is 648. The molecule has 1 aromatic rings. The maximum atomic E-state index is 12.6. The smallest absolute Gasteiger partial charge is 0.323 e. The third-order valence-corrected chi connectivity index (χ3v) is 5.90. The van der Waals surface area contributed by atoms with Crippen LogP contribution >= 0.6 is 0 Å². The van der Waals surface area contributed by atoms with Crippen molar-refractivity contribution in [1.29, 1.82) is 0 Å². The second-order valence-corrected chi connectivity index (χ2v) is 6.97. The van der Waals surface area contributed by atoms with E-state index in [1.165, 1.54) is 14.0 Å². The predicted octanol–water partition coefficient (Wildman–Crippen LogP) is 2.07. The van der Waals surface area contributed by atoms with Gasteiger partial charge in [-0.2, -0.15) is 4.72 Å². The molecule has 6 heteroatoms. The van der Waals surface area contributed by atoms with E-state index in [2.05, 4.69) is 9.46 Å². The molecule has 0 fully saturated rings. The van der Waals surface area contributed by atoms with Crippen molar-refractivity contribution >= 4 is 16.0 Å². The Morgan fingerprint density at radius 2 is 1.33 bits per heavy atom. The van der Waals surface area contributed by atoms with Crippen molar-refractivity contribution in [2.45, 2.75) is 52.5 Å². The lowest BCUT2D eigenvalue weighted by atomic mass is 9.95. The van der Waals surface area contributed by atoms with Gasteiger partial charge in [0.2, 0.25) is 10.0 Å². The molecule has 0 aromatic heterocycles. The second-order valence-electron chi connectivity index (χ2n) is 5.32. The van der Waals surface area contributed by atoms with Gasteiger partial charge in [0.25, 0.3) is 0 Å². The van der Waals surface area contributed by atoms with Crippen LogP contribution in [0.1, 0.15) is 34.7 Å². The van der Waals surface area contributed by atoms with Gasteiger partial charge in [0.15, 0.2) is 0 Å². The van der Waals surface area contributed by atoms with E-state index in [1.54, 1.807) is 13.8 Å². The van der Waals surface area contributed by atoms with Crippen LogP contribution in [0, 0.1) is 34.6 Å². The highest BCUT2D eigenvalue weighted by atomic mass is 32.2. The fourth-order valence-electron chi connectivity index (χ4n) is 2.39. The van der Waals surface area contributed by atoms with Crippen molar-refractivity contribution in [1.82, 2.24) is 4.72 Å².